The van der Waals surface area contributed by atoms with Gasteiger partial charge in [-0.2, -0.15) is 0 Å². The van der Waals surface area contributed by atoms with E-state index in [1.54, 1.807) is 0 Å². The third-order valence-electron chi connectivity index (χ3n) is 4.45. The predicted octanol–water partition coefficient (Wildman–Crippen LogP) is 0.454. The molecule has 0 radical (unpaired) electrons. The van der Waals surface area contributed by atoms with Crippen LogP contribution in [0.15, 0.2) is 0 Å². The minimum Gasteiger partial charge on any atom is -0.481 e. The molecule has 7 nitrogen and oxygen atoms in total. The van der Waals surface area contributed by atoms with E-state index in [1.165, 1.54) is 11.4 Å². The summed E-state index contributed by atoms with van der Waals surface area (Å²) < 4.78 is 31.4. The minimum absolute atomic E-state index is 0.00204. The van der Waals surface area contributed by atoms with E-state index in [4.69, 9.17) is 9.84 Å². The molecule has 1 aliphatic carbocycles. The van der Waals surface area contributed by atoms with Gasteiger partial charge in [-0.05, 0) is 19.3 Å². The number of nitrogens with zero attached hydrogens (tertiary/aromatic N) is 1. The smallest absolute Gasteiger partial charge is 0.310 e. The Morgan fingerprint density at radius 1 is 1.19 bits per heavy atom. The molecule has 3 atom stereocenters. The Labute approximate surface area is 124 Å². The number of hydrogen-bond donors (Lipinski definition) is 1. The van der Waals surface area contributed by atoms with Gasteiger partial charge in [-0.15, -0.1) is 0 Å². The predicted molar refractivity (Wildman–Crippen MR) is 74.0 cm³/mol. The average molecular weight is 319 g/mol. The van der Waals surface area contributed by atoms with Crippen LogP contribution in [0.3, 0.4) is 0 Å². The SMILES string of the molecule is COC(=O)C1CCCCC1S(=O)(=O)N1CCC(C(=O)O)C1. The summed E-state index contributed by atoms with van der Waals surface area (Å²) in [7, 11) is -2.40. The van der Waals surface area contributed by atoms with Crippen LogP contribution in [-0.4, -0.2) is 55.2 Å². The molecule has 1 saturated carbocycles. The van der Waals surface area contributed by atoms with Gasteiger partial charge >= 0.3 is 11.9 Å². The Balaban J connectivity index is 2.17. The molecule has 0 amide bonds. The highest BCUT2D eigenvalue weighted by Gasteiger charge is 2.45. The van der Waals surface area contributed by atoms with Crippen LogP contribution in [0, 0.1) is 11.8 Å². The van der Waals surface area contributed by atoms with Gasteiger partial charge in [0.2, 0.25) is 10.0 Å². The highest BCUT2D eigenvalue weighted by Crippen LogP contribution is 2.34. The van der Waals surface area contributed by atoms with Crippen LogP contribution in [0.25, 0.3) is 0 Å². The monoisotopic (exact) mass is 319 g/mol. The number of ether oxygens (including phenoxy) is 1. The average Bonchev–Trinajstić information content (AvgIpc) is 2.97. The van der Waals surface area contributed by atoms with E-state index in [2.05, 4.69) is 0 Å². The van der Waals surface area contributed by atoms with Crippen molar-refractivity contribution in [1.29, 1.82) is 0 Å². The normalized spacial score (nSPS) is 31.0. The number of carboxylic acids is 1. The van der Waals surface area contributed by atoms with Gasteiger partial charge < -0.3 is 9.84 Å². The Morgan fingerprint density at radius 2 is 1.86 bits per heavy atom. The van der Waals surface area contributed by atoms with Crippen molar-refractivity contribution in [3.63, 3.8) is 0 Å². The number of carboxylic acid groups (broad SMARTS) is 1. The van der Waals surface area contributed by atoms with E-state index in [0.29, 0.717) is 19.3 Å². The third kappa shape index (κ3) is 3.21. The van der Waals surface area contributed by atoms with Gasteiger partial charge in [-0.3, -0.25) is 9.59 Å². The van der Waals surface area contributed by atoms with Crippen LogP contribution >= 0.6 is 0 Å². The highest BCUT2D eigenvalue weighted by molar-refractivity contribution is 7.89. The number of methoxy groups -OCH3 is 1. The van der Waals surface area contributed by atoms with Crippen molar-refractivity contribution in [2.75, 3.05) is 20.2 Å². The number of aliphatic carboxylic acids is 1. The van der Waals surface area contributed by atoms with E-state index in [1.807, 2.05) is 0 Å². The number of hydrogen-bond acceptors (Lipinski definition) is 5. The summed E-state index contributed by atoms with van der Waals surface area (Å²) in [4.78, 5) is 22.8. The maximum Gasteiger partial charge on any atom is 0.310 e. The number of carbonyl (C=O) groups is 2. The molecule has 1 N–H and O–H groups in total. The number of sulfonamides is 1. The van der Waals surface area contributed by atoms with Gasteiger partial charge in [0.1, 0.15) is 0 Å². The fourth-order valence-corrected chi connectivity index (χ4v) is 5.48. The summed E-state index contributed by atoms with van der Waals surface area (Å²) in [6.45, 7) is 0.214. The van der Waals surface area contributed by atoms with Crippen molar-refractivity contribution in [2.45, 2.75) is 37.4 Å². The Bertz CT molecular complexity index is 517. The van der Waals surface area contributed by atoms with Crippen molar-refractivity contribution >= 4 is 22.0 Å². The van der Waals surface area contributed by atoms with Gasteiger partial charge in [0.25, 0.3) is 0 Å². The van der Waals surface area contributed by atoms with Crippen LogP contribution in [0.2, 0.25) is 0 Å². The zero-order valence-electron chi connectivity index (χ0n) is 12.0. The molecule has 0 aromatic carbocycles. The molecule has 0 bridgehead atoms. The molecule has 1 saturated heterocycles. The van der Waals surface area contributed by atoms with E-state index < -0.39 is 39.0 Å². The second kappa shape index (κ2) is 6.31. The van der Waals surface area contributed by atoms with Crippen molar-refractivity contribution in [3.8, 4) is 0 Å². The lowest BCUT2D eigenvalue weighted by Gasteiger charge is -2.32. The zero-order valence-corrected chi connectivity index (χ0v) is 12.8. The van der Waals surface area contributed by atoms with Crippen LogP contribution < -0.4 is 0 Å². The molecule has 0 aromatic rings. The van der Waals surface area contributed by atoms with Crippen molar-refractivity contribution in [1.82, 2.24) is 4.31 Å². The summed E-state index contributed by atoms with van der Waals surface area (Å²) in [5.74, 6) is -2.75. The highest BCUT2D eigenvalue weighted by atomic mass is 32.2. The molecule has 2 fully saturated rings. The van der Waals surface area contributed by atoms with Crippen LogP contribution in [0.1, 0.15) is 32.1 Å². The summed E-state index contributed by atoms with van der Waals surface area (Å²) >= 11 is 0. The van der Waals surface area contributed by atoms with E-state index in [-0.39, 0.29) is 13.1 Å². The van der Waals surface area contributed by atoms with E-state index in [0.717, 1.165) is 12.8 Å². The van der Waals surface area contributed by atoms with Gasteiger partial charge in [0, 0.05) is 13.1 Å². The van der Waals surface area contributed by atoms with Gasteiger partial charge in [0.05, 0.1) is 24.2 Å². The summed E-state index contributed by atoms with van der Waals surface area (Å²) in [5.41, 5.74) is 0. The summed E-state index contributed by atoms with van der Waals surface area (Å²) in [6, 6.07) is 0. The minimum atomic E-state index is -3.66. The molecule has 21 heavy (non-hydrogen) atoms. The van der Waals surface area contributed by atoms with Crippen LogP contribution in [-0.2, 0) is 24.3 Å². The molecule has 1 aliphatic heterocycles. The van der Waals surface area contributed by atoms with Gasteiger partial charge in [-0.25, -0.2) is 12.7 Å². The quantitative estimate of drug-likeness (QED) is 0.755. The maximum atomic E-state index is 12.7. The topological polar surface area (TPSA) is 101 Å². The lowest BCUT2D eigenvalue weighted by Crippen LogP contribution is -2.45. The van der Waals surface area contributed by atoms with Crippen molar-refractivity contribution < 1.29 is 27.9 Å². The molecule has 0 aromatic heterocycles. The first-order valence-corrected chi connectivity index (χ1v) is 8.68. The molecular weight excluding hydrogens is 298 g/mol. The molecular formula is C13H21NO6S. The number of rotatable bonds is 4. The lowest BCUT2D eigenvalue weighted by atomic mass is 9.89. The lowest BCUT2D eigenvalue weighted by molar-refractivity contribution is -0.146. The summed E-state index contributed by atoms with van der Waals surface area (Å²) in [5, 5.41) is 8.20. The second-order valence-corrected chi connectivity index (χ2v) is 7.83. The van der Waals surface area contributed by atoms with Crippen molar-refractivity contribution in [2.24, 2.45) is 11.8 Å². The molecule has 2 rings (SSSR count). The van der Waals surface area contributed by atoms with Gasteiger partial charge in [0.15, 0.2) is 0 Å². The van der Waals surface area contributed by atoms with Gasteiger partial charge in [-0.1, -0.05) is 12.8 Å². The second-order valence-electron chi connectivity index (χ2n) is 5.68. The molecule has 1 heterocycles. The van der Waals surface area contributed by atoms with E-state index in [9.17, 15) is 18.0 Å². The third-order valence-corrected chi connectivity index (χ3v) is 6.83. The molecule has 0 spiro atoms. The van der Waals surface area contributed by atoms with Crippen LogP contribution in [0.5, 0.6) is 0 Å². The van der Waals surface area contributed by atoms with E-state index >= 15 is 0 Å². The first-order valence-electron chi connectivity index (χ1n) is 7.17. The fraction of sp³-hybridized carbons (Fsp3) is 0.846. The molecule has 3 unspecified atom stereocenters. The molecule has 120 valence electrons. The van der Waals surface area contributed by atoms with Crippen molar-refractivity contribution in [3.05, 3.63) is 0 Å². The zero-order chi connectivity index (χ0) is 15.6. The van der Waals surface area contributed by atoms with Crippen LogP contribution in [0.4, 0.5) is 0 Å². The molecule has 2 aliphatic rings. The standard InChI is InChI=1S/C13H21NO6S/c1-20-13(17)10-4-2-3-5-11(10)21(18,19)14-7-6-9(8-14)12(15)16/h9-11H,2-8H2,1H3,(H,15,16). The largest absolute Gasteiger partial charge is 0.481 e. The number of carbonyl (C=O) groups excluding carboxylic acids is 1. The maximum absolute atomic E-state index is 12.7. The Hall–Kier alpha value is -1.15. The first-order chi connectivity index (χ1) is 9.87. The fourth-order valence-electron chi connectivity index (χ4n) is 3.23. The first kappa shape index (κ1) is 16.2. The molecule has 8 heteroatoms. The Kier molecular flexibility index (Phi) is 4.88. The number of esters is 1. The Morgan fingerprint density at radius 3 is 2.43 bits per heavy atom. The summed E-state index contributed by atoms with van der Waals surface area (Å²) in [6.07, 6.45) is 2.82.